The Morgan fingerprint density at radius 3 is 1.69 bits per heavy atom. The van der Waals surface area contributed by atoms with Crippen molar-refractivity contribution in [2.45, 2.75) is 33.7 Å². The highest BCUT2D eigenvalue weighted by molar-refractivity contribution is 5.96. The molecule has 0 aliphatic rings. The first-order valence-electron chi connectivity index (χ1n) is 11.4. The zero-order chi connectivity index (χ0) is 24.8. The number of benzene rings is 3. The minimum atomic E-state index is -0.587. The Morgan fingerprint density at radius 2 is 1.17 bits per heavy atom. The smallest absolute Gasteiger partial charge is 0.246 e. The maximum atomic E-state index is 12.8. The molecule has 3 aromatic carbocycles. The van der Waals surface area contributed by atoms with Crippen molar-refractivity contribution < 1.29 is 4.79 Å². The third-order valence-electron chi connectivity index (χ3n) is 5.39. The van der Waals surface area contributed by atoms with Gasteiger partial charge in [0.25, 0.3) is 0 Å². The van der Waals surface area contributed by atoms with E-state index < -0.39 is 6.04 Å². The van der Waals surface area contributed by atoms with Crippen molar-refractivity contribution in [1.29, 1.82) is 0 Å². The molecule has 0 bridgehead atoms. The van der Waals surface area contributed by atoms with E-state index in [9.17, 15) is 4.79 Å². The van der Waals surface area contributed by atoms with E-state index in [2.05, 4.69) is 36.2 Å². The molecule has 0 radical (unpaired) electrons. The summed E-state index contributed by atoms with van der Waals surface area (Å²) in [5, 5.41) is 12.5. The van der Waals surface area contributed by atoms with Gasteiger partial charge in [0, 0.05) is 17.1 Å². The number of anilines is 6. The molecule has 178 valence electrons. The molecule has 0 aliphatic heterocycles. The number of hydrogen-bond donors (Lipinski definition) is 4. The molecule has 0 spiro atoms. The molecule has 4 rings (SSSR count). The molecule has 35 heavy (non-hydrogen) atoms. The largest absolute Gasteiger partial charge is 0.342 e. The van der Waals surface area contributed by atoms with Gasteiger partial charge in [0.2, 0.25) is 23.8 Å². The summed E-state index contributed by atoms with van der Waals surface area (Å²) in [6, 6.07) is 22.9. The Balaban J connectivity index is 1.56. The molecule has 8 nitrogen and oxygen atoms in total. The van der Waals surface area contributed by atoms with E-state index in [0.717, 1.165) is 33.8 Å². The third kappa shape index (κ3) is 6.54. The third-order valence-corrected chi connectivity index (χ3v) is 5.39. The van der Waals surface area contributed by atoms with Gasteiger partial charge < -0.3 is 21.3 Å². The zero-order valence-electron chi connectivity index (χ0n) is 20.3. The van der Waals surface area contributed by atoms with Crippen LogP contribution in [0.15, 0.2) is 72.8 Å². The summed E-state index contributed by atoms with van der Waals surface area (Å²) in [6.45, 7) is 7.77. The standard InChI is InChI=1S/C27H29N7O/c1-17-9-13-21(14-10-17)29-26-32-25(33-27(34-26)30-22-15-11-18(2)12-16-22)28-20(4)24(35)31-23-8-6-5-7-19(23)3/h5-16,20H,1-4H3,(H,31,35)(H3,28,29,30,32,33,34). The fourth-order valence-corrected chi connectivity index (χ4v) is 3.30. The van der Waals surface area contributed by atoms with E-state index in [1.54, 1.807) is 6.92 Å². The van der Waals surface area contributed by atoms with E-state index in [0.29, 0.717) is 11.9 Å². The molecular weight excluding hydrogens is 438 g/mol. The van der Waals surface area contributed by atoms with Crippen LogP contribution in [0.1, 0.15) is 23.6 Å². The van der Waals surface area contributed by atoms with Crippen LogP contribution in [0.5, 0.6) is 0 Å². The molecule has 8 heteroatoms. The summed E-state index contributed by atoms with van der Waals surface area (Å²) >= 11 is 0. The van der Waals surface area contributed by atoms with Crippen LogP contribution in [-0.2, 0) is 4.79 Å². The van der Waals surface area contributed by atoms with Crippen LogP contribution in [0.3, 0.4) is 0 Å². The Labute approximate surface area is 205 Å². The van der Waals surface area contributed by atoms with Gasteiger partial charge in [0.05, 0.1) is 0 Å². The van der Waals surface area contributed by atoms with Crippen molar-refractivity contribution in [3.63, 3.8) is 0 Å². The summed E-state index contributed by atoms with van der Waals surface area (Å²) in [7, 11) is 0. The van der Waals surface area contributed by atoms with Crippen molar-refractivity contribution in [3.8, 4) is 0 Å². The van der Waals surface area contributed by atoms with Gasteiger partial charge in [-0.15, -0.1) is 0 Å². The molecule has 1 unspecified atom stereocenters. The Hall–Kier alpha value is -4.46. The summed E-state index contributed by atoms with van der Waals surface area (Å²) in [5.74, 6) is 0.789. The molecule has 0 saturated carbocycles. The number of hydrogen-bond acceptors (Lipinski definition) is 7. The number of rotatable bonds is 8. The SMILES string of the molecule is Cc1ccc(Nc2nc(Nc3ccc(C)cc3)nc(NC(C)C(=O)Nc3ccccc3C)n2)cc1. The average Bonchev–Trinajstić information content (AvgIpc) is 2.83. The maximum Gasteiger partial charge on any atom is 0.246 e. The van der Waals surface area contributed by atoms with Crippen LogP contribution < -0.4 is 21.3 Å². The van der Waals surface area contributed by atoms with Crippen LogP contribution in [0.2, 0.25) is 0 Å². The molecule has 4 aromatic rings. The second-order valence-electron chi connectivity index (χ2n) is 8.46. The van der Waals surface area contributed by atoms with Crippen molar-refractivity contribution in [3.05, 3.63) is 89.5 Å². The first-order chi connectivity index (χ1) is 16.9. The topological polar surface area (TPSA) is 104 Å². The van der Waals surface area contributed by atoms with Gasteiger partial charge in [0.1, 0.15) is 6.04 Å². The normalized spacial score (nSPS) is 11.4. The molecule has 1 atom stereocenters. The highest BCUT2D eigenvalue weighted by atomic mass is 16.2. The summed E-state index contributed by atoms with van der Waals surface area (Å²) in [4.78, 5) is 26.3. The number of amides is 1. The molecule has 0 fully saturated rings. The Kier molecular flexibility index (Phi) is 7.21. The molecule has 1 amide bonds. The average molecular weight is 468 g/mol. The zero-order valence-corrected chi connectivity index (χ0v) is 20.3. The van der Waals surface area contributed by atoms with Gasteiger partial charge in [0.15, 0.2) is 0 Å². The molecule has 1 aromatic heterocycles. The molecular formula is C27H29N7O. The second kappa shape index (κ2) is 10.6. The lowest BCUT2D eigenvalue weighted by Gasteiger charge is -2.16. The minimum absolute atomic E-state index is 0.194. The minimum Gasteiger partial charge on any atom is -0.342 e. The predicted molar refractivity (Wildman–Crippen MR) is 142 cm³/mol. The Bertz CT molecular complexity index is 1240. The molecule has 0 aliphatic carbocycles. The predicted octanol–water partition coefficient (Wildman–Crippen LogP) is 5.72. The lowest BCUT2D eigenvalue weighted by Crippen LogP contribution is -2.33. The number of aromatic nitrogens is 3. The fourth-order valence-electron chi connectivity index (χ4n) is 3.30. The van der Waals surface area contributed by atoms with Crippen molar-refractivity contribution in [2.24, 2.45) is 0 Å². The lowest BCUT2D eigenvalue weighted by atomic mass is 10.2. The number of carbonyl (C=O) groups is 1. The molecule has 0 saturated heterocycles. The number of para-hydroxylation sites is 1. The Morgan fingerprint density at radius 1 is 0.686 bits per heavy atom. The number of nitrogens with zero attached hydrogens (tertiary/aromatic N) is 3. The second-order valence-corrected chi connectivity index (χ2v) is 8.46. The quantitative estimate of drug-likeness (QED) is 0.263. The fraction of sp³-hybridized carbons (Fsp3) is 0.185. The summed E-state index contributed by atoms with van der Waals surface area (Å²) in [5.41, 5.74) is 5.76. The first-order valence-corrected chi connectivity index (χ1v) is 11.4. The number of aryl methyl sites for hydroxylation is 3. The van der Waals surface area contributed by atoms with Gasteiger partial charge >= 0.3 is 0 Å². The van der Waals surface area contributed by atoms with Crippen molar-refractivity contribution in [1.82, 2.24) is 15.0 Å². The van der Waals surface area contributed by atoms with Crippen LogP contribution in [0.25, 0.3) is 0 Å². The van der Waals surface area contributed by atoms with Gasteiger partial charge in [-0.05, 0) is 63.6 Å². The first kappa shape index (κ1) is 23.7. The van der Waals surface area contributed by atoms with E-state index >= 15 is 0 Å². The highest BCUT2D eigenvalue weighted by Crippen LogP contribution is 2.20. The number of nitrogens with one attached hydrogen (secondary N) is 4. The summed E-state index contributed by atoms with van der Waals surface area (Å²) < 4.78 is 0. The van der Waals surface area contributed by atoms with Crippen molar-refractivity contribution >= 4 is 40.8 Å². The van der Waals surface area contributed by atoms with Gasteiger partial charge in [-0.3, -0.25) is 4.79 Å². The van der Waals surface area contributed by atoms with Gasteiger partial charge in [-0.25, -0.2) is 0 Å². The van der Waals surface area contributed by atoms with E-state index in [1.165, 1.54) is 0 Å². The van der Waals surface area contributed by atoms with E-state index in [4.69, 9.17) is 0 Å². The van der Waals surface area contributed by atoms with Crippen LogP contribution in [0.4, 0.5) is 34.9 Å². The van der Waals surface area contributed by atoms with E-state index in [1.807, 2.05) is 93.6 Å². The monoisotopic (exact) mass is 467 g/mol. The maximum absolute atomic E-state index is 12.8. The molecule has 4 N–H and O–H groups in total. The van der Waals surface area contributed by atoms with E-state index in [-0.39, 0.29) is 11.9 Å². The van der Waals surface area contributed by atoms with Crippen LogP contribution in [-0.4, -0.2) is 26.9 Å². The van der Waals surface area contributed by atoms with Gasteiger partial charge in [-0.1, -0.05) is 53.6 Å². The van der Waals surface area contributed by atoms with Crippen LogP contribution in [0, 0.1) is 20.8 Å². The summed E-state index contributed by atoms with van der Waals surface area (Å²) in [6.07, 6.45) is 0. The molecule has 1 heterocycles. The lowest BCUT2D eigenvalue weighted by molar-refractivity contribution is -0.116. The number of carbonyl (C=O) groups excluding carboxylic acids is 1. The highest BCUT2D eigenvalue weighted by Gasteiger charge is 2.17. The van der Waals surface area contributed by atoms with Crippen LogP contribution >= 0.6 is 0 Å². The van der Waals surface area contributed by atoms with Crippen molar-refractivity contribution in [2.75, 3.05) is 21.3 Å². The van der Waals surface area contributed by atoms with Gasteiger partial charge in [-0.2, -0.15) is 15.0 Å².